The average molecular weight is 267 g/mol. The van der Waals surface area contributed by atoms with Gasteiger partial charge in [0.1, 0.15) is 0 Å². The Hall–Kier alpha value is 0.491. The molecule has 1 fully saturated rings. The van der Waals surface area contributed by atoms with Gasteiger partial charge in [0.2, 0.25) is 0 Å². The molecule has 0 amide bonds. The summed E-state index contributed by atoms with van der Waals surface area (Å²) in [6, 6.07) is 1.07. The highest BCUT2D eigenvalue weighted by Gasteiger charge is 2.44. The van der Waals surface area contributed by atoms with Gasteiger partial charge in [0, 0.05) is 13.2 Å². The second-order valence-corrected chi connectivity index (χ2v) is 15.7. The molecule has 1 N–H and O–H groups in total. The minimum atomic E-state index is -2.94. The lowest BCUT2D eigenvalue weighted by Gasteiger charge is -2.35. The Morgan fingerprint density at radius 1 is 1.00 bits per heavy atom. The molecule has 0 aromatic heterocycles. The van der Waals surface area contributed by atoms with Crippen LogP contribution in [0.1, 0.15) is 6.42 Å². The summed E-state index contributed by atoms with van der Waals surface area (Å²) in [6.45, 7) is 10.6. The van der Waals surface area contributed by atoms with Crippen molar-refractivity contribution in [1.29, 1.82) is 0 Å². The second-order valence-electron chi connectivity index (χ2n) is 5.21. The van der Waals surface area contributed by atoms with Crippen LogP contribution >= 0.6 is 0 Å². The monoisotopic (exact) mass is 266 g/mol. The van der Waals surface area contributed by atoms with Gasteiger partial charge in [-0.1, -0.05) is 0 Å². The van der Waals surface area contributed by atoms with E-state index in [1.54, 1.807) is 6.55 Å². The van der Waals surface area contributed by atoms with Crippen molar-refractivity contribution in [2.45, 2.75) is 45.2 Å². The molecule has 0 spiro atoms. The van der Waals surface area contributed by atoms with Crippen molar-refractivity contribution in [3.05, 3.63) is 0 Å². The summed E-state index contributed by atoms with van der Waals surface area (Å²) in [5, 5.41) is 0. The number of hydrogen-bond acceptors (Lipinski definition) is 4. The molecule has 1 heterocycles. The zero-order chi connectivity index (χ0) is 11.7. The molecule has 0 aromatic carbocycles. The lowest BCUT2D eigenvalue weighted by molar-refractivity contribution is 0.154. The van der Waals surface area contributed by atoms with Crippen LogP contribution in [0.3, 0.4) is 0 Å². The lowest BCUT2D eigenvalue weighted by atomic mass is 10.5. The van der Waals surface area contributed by atoms with E-state index in [4.69, 9.17) is 12.7 Å². The predicted molar refractivity (Wildman–Crippen MR) is 66.3 cm³/mol. The van der Waals surface area contributed by atoms with Crippen molar-refractivity contribution in [3.8, 4) is 0 Å². The maximum absolute atomic E-state index is 9.97. The molecule has 0 radical (unpaired) electrons. The molecule has 7 heteroatoms. The third-order valence-electron chi connectivity index (χ3n) is 2.25. The van der Waals surface area contributed by atoms with E-state index in [0.717, 1.165) is 12.5 Å². The van der Waals surface area contributed by atoms with E-state index in [2.05, 4.69) is 13.1 Å². The first kappa shape index (κ1) is 13.6. The fourth-order valence-corrected chi connectivity index (χ4v) is 13.7. The van der Waals surface area contributed by atoms with Gasteiger partial charge >= 0.3 is 17.4 Å². The molecule has 1 saturated heterocycles. The minimum absolute atomic E-state index is 0.587. The fraction of sp³-hybridized carbons (Fsp3) is 1.00. The van der Waals surface area contributed by atoms with Crippen LogP contribution in [-0.4, -0.2) is 37.1 Å². The third kappa shape index (κ3) is 4.90. The average Bonchev–Trinajstić information content (AvgIpc) is 1.94. The van der Waals surface area contributed by atoms with Gasteiger partial charge in [-0.25, -0.2) is 0 Å². The van der Waals surface area contributed by atoms with Gasteiger partial charge in [0.15, 0.2) is 8.32 Å². The van der Waals surface area contributed by atoms with Crippen LogP contribution < -0.4 is 0 Å². The van der Waals surface area contributed by atoms with E-state index in [-0.39, 0.29) is 0 Å². The zero-order valence-corrected chi connectivity index (χ0v) is 13.3. The van der Waals surface area contributed by atoms with Crippen LogP contribution in [0.15, 0.2) is 0 Å². The summed E-state index contributed by atoms with van der Waals surface area (Å²) in [7, 11) is -6.81. The first-order valence-electron chi connectivity index (χ1n) is 5.39. The highest BCUT2D eigenvalue weighted by molar-refractivity contribution is 6.85. The quantitative estimate of drug-likeness (QED) is 0.681. The van der Waals surface area contributed by atoms with Crippen LogP contribution in [-0.2, 0) is 12.7 Å². The van der Waals surface area contributed by atoms with Crippen LogP contribution in [0.4, 0.5) is 0 Å². The Morgan fingerprint density at radius 3 is 2.20 bits per heavy atom. The third-order valence-corrected chi connectivity index (χ3v) is 12.2. The second kappa shape index (κ2) is 4.40. The maximum atomic E-state index is 9.97. The predicted octanol–water partition coefficient (Wildman–Crippen LogP) is 1.91. The highest BCUT2D eigenvalue weighted by Crippen LogP contribution is 2.25. The molecule has 0 bridgehead atoms. The summed E-state index contributed by atoms with van der Waals surface area (Å²) in [6.07, 6.45) is 0.955. The Bertz CT molecular complexity index is 208. The van der Waals surface area contributed by atoms with Gasteiger partial charge < -0.3 is 17.5 Å². The molecular weight excluding hydrogens is 244 g/mol. The molecule has 1 aliphatic rings. The van der Waals surface area contributed by atoms with Gasteiger partial charge in [-0.05, 0) is 38.7 Å². The molecule has 90 valence electrons. The minimum Gasteiger partial charge on any atom is -0.436 e. The highest BCUT2D eigenvalue weighted by atomic mass is 28.5. The molecular formula is C8H22O4Si3. The van der Waals surface area contributed by atoms with Gasteiger partial charge in [-0.15, -0.1) is 0 Å². The van der Waals surface area contributed by atoms with E-state index in [0.29, 0.717) is 6.61 Å². The Labute approximate surface area is 95.3 Å². The molecule has 15 heavy (non-hydrogen) atoms. The van der Waals surface area contributed by atoms with Crippen LogP contribution in [0, 0.1) is 0 Å². The lowest BCUT2D eigenvalue weighted by Crippen LogP contribution is -2.53. The molecule has 4 nitrogen and oxygen atoms in total. The molecule has 0 aliphatic carbocycles. The van der Waals surface area contributed by atoms with Crippen molar-refractivity contribution in [1.82, 2.24) is 0 Å². The number of rotatable bonds is 0. The van der Waals surface area contributed by atoms with Crippen molar-refractivity contribution < 1.29 is 17.5 Å². The number of hydrogen-bond donors (Lipinski definition) is 1. The zero-order valence-electron chi connectivity index (χ0n) is 10.3. The van der Waals surface area contributed by atoms with Gasteiger partial charge in [-0.2, -0.15) is 0 Å². The van der Waals surface area contributed by atoms with Crippen LogP contribution in [0.2, 0.25) is 38.8 Å². The largest absolute Gasteiger partial charge is 0.486 e. The van der Waals surface area contributed by atoms with Crippen LogP contribution in [0.25, 0.3) is 0 Å². The Kier molecular flexibility index (Phi) is 3.97. The Balaban J connectivity index is 2.79. The fourth-order valence-electron chi connectivity index (χ4n) is 1.98. The normalized spacial score (nSPS) is 36.4. The van der Waals surface area contributed by atoms with Crippen molar-refractivity contribution in [2.24, 2.45) is 0 Å². The molecule has 1 unspecified atom stereocenters. The first-order chi connectivity index (χ1) is 6.62. The summed E-state index contributed by atoms with van der Waals surface area (Å²) in [4.78, 5) is 9.97. The Morgan fingerprint density at radius 2 is 1.60 bits per heavy atom. The standard InChI is InChI=1S/C8H22O4Si3/c1-13(2)8-6-7-10-15(5,9)12-14(3,4)11-13/h9H,6-8H2,1-5H3. The maximum Gasteiger partial charge on any atom is 0.486 e. The van der Waals surface area contributed by atoms with Crippen molar-refractivity contribution in [3.63, 3.8) is 0 Å². The first-order valence-corrected chi connectivity index (χ1v) is 13.6. The van der Waals surface area contributed by atoms with Gasteiger partial charge in [0.25, 0.3) is 0 Å². The van der Waals surface area contributed by atoms with Crippen LogP contribution in [0.5, 0.6) is 0 Å². The SMILES string of the molecule is C[Si]1(C)CCCO[Si](C)(O)O[Si](C)(C)O1. The summed E-state index contributed by atoms with van der Waals surface area (Å²) in [5.74, 6) is 0. The topological polar surface area (TPSA) is 47.9 Å². The van der Waals surface area contributed by atoms with Crippen molar-refractivity contribution >= 4 is 25.7 Å². The van der Waals surface area contributed by atoms with E-state index in [1.165, 1.54) is 0 Å². The molecule has 0 aromatic rings. The molecule has 1 aliphatic heterocycles. The van der Waals surface area contributed by atoms with Gasteiger partial charge in [0.05, 0.1) is 0 Å². The van der Waals surface area contributed by atoms with Crippen molar-refractivity contribution in [2.75, 3.05) is 6.61 Å². The smallest absolute Gasteiger partial charge is 0.436 e. The molecule has 0 saturated carbocycles. The summed E-state index contributed by atoms with van der Waals surface area (Å²) >= 11 is 0. The van der Waals surface area contributed by atoms with E-state index < -0.39 is 25.7 Å². The molecule has 1 atom stereocenters. The van der Waals surface area contributed by atoms with E-state index >= 15 is 0 Å². The summed E-state index contributed by atoms with van der Waals surface area (Å²) in [5.41, 5.74) is 0. The van der Waals surface area contributed by atoms with E-state index in [9.17, 15) is 4.80 Å². The summed E-state index contributed by atoms with van der Waals surface area (Å²) < 4.78 is 17.3. The molecule has 1 rings (SSSR count). The van der Waals surface area contributed by atoms with E-state index in [1.807, 2.05) is 13.1 Å². The van der Waals surface area contributed by atoms with Gasteiger partial charge in [-0.3, -0.25) is 0 Å².